The third-order valence-electron chi connectivity index (χ3n) is 3.23. The second-order valence-corrected chi connectivity index (χ2v) is 4.99. The topological polar surface area (TPSA) is 85.8 Å². The Labute approximate surface area is 118 Å². The summed E-state index contributed by atoms with van der Waals surface area (Å²) in [6.07, 6.45) is 3.22. The van der Waals surface area contributed by atoms with Crippen molar-refractivity contribution in [2.45, 2.75) is 13.8 Å². The van der Waals surface area contributed by atoms with Gasteiger partial charge in [0.1, 0.15) is 12.7 Å². The summed E-state index contributed by atoms with van der Waals surface area (Å²) in [5.74, 6) is -0.0296. The lowest BCUT2D eigenvalue weighted by Gasteiger charge is -2.18. The molecule has 2 aromatic rings. The van der Waals surface area contributed by atoms with Crippen LogP contribution in [0.1, 0.15) is 13.8 Å². The predicted molar refractivity (Wildman–Crippen MR) is 77.4 cm³/mol. The first-order valence-electron chi connectivity index (χ1n) is 6.58. The minimum atomic E-state index is -0.187. The van der Waals surface area contributed by atoms with Crippen LogP contribution >= 0.6 is 0 Å². The van der Waals surface area contributed by atoms with Gasteiger partial charge in [-0.3, -0.25) is 9.36 Å². The fourth-order valence-electron chi connectivity index (χ4n) is 2.00. The zero-order chi connectivity index (χ0) is 14.5. The van der Waals surface area contributed by atoms with E-state index in [2.05, 4.69) is 15.5 Å². The molecule has 20 heavy (non-hydrogen) atoms. The molecule has 0 saturated carbocycles. The first kappa shape index (κ1) is 14.2. The van der Waals surface area contributed by atoms with Crippen LogP contribution in [0.25, 0.3) is 5.69 Å². The summed E-state index contributed by atoms with van der Waals surface area (Å²) >= 11 is 0. The van der Waals surface area contributed by atoms with Crippen molar-refractivity contribution in [3.8, 4) is 5.69 Å². The molecule has 0 bridgehead atoms. The molecular weight excluding hydrogens is 254 g/mol. The van der Waals surface area contributed by atoms with E-state index in [0.29, 0.717) is 6.54 Å². The number of hydrogen-bond acceptors (Lipinski definition) is 4. The number of rotatable bonds is 5. The molecule has 0 aliphatic heterocycles. The van der Waals surface area contributed by atoms with E-state index in [1.807, 2.05) is 38.1 Å². The molecule has 6 heteroatoms. The minimum absolute atomic E-state index is 0.0524. The van der Waals surface area contributed by atoms with Crippen LogP contribution in [-0.4, -0.2) is 27.2 Å². The van der Waals surface area contributed by atoms with Crippen LogP contribution in [0.3, 0.4) is 0 Å². The Balaban J connectivity index is 2.14. The highest BCUT2D eigenvalue weighted by atomic mass is 16.1. The van der Waals surface area contributed by atoms with Crippen LogP contribution in [-0.2, 0) is 4.79 Å². The molecule has 1 heterocycles. The average molecular weight is 273 g/mol. The van der Waals surface area contributed by atoms with Crippen molar-refractivity contribution in [1.82, 2.24) is 14.8 Å². The Hall–Kier alpha value is -2.21. The van der Waals surface area contributed by atoms with Gasteiger partial charge in [0.05, 0.1) is 11.6 Å². The molecule has 2 rings (SSSR count). The molecule has 0 fully saturated rings. The molecule has 1 aromatic heterocycles. The first-order chi connectivity index (χ1) is 9.61. The second kappa shape index (κ2) is 6.29. The number of aromatic nitrogens is 3. The van der Waals surface area contributed by atoms with Gasteiger partial charge in [-0.15, -0.1) is 10.2 Å². The number of nitrogens with zero attached hydrogens (tertiary/aromatic N) is 3. The molecule has 0 aliphatic carbocycles. The molecule has 0 aliphatic rings. The van der Waals surface area contributed by atoms with E-state index in [1.165, 1.54) is 0 Å². The molecule has 1 aromatic carbocycles. The van der Waals surface area contributed by atoms with E-state index in [0.717, 1.165) is 11.4 Å². The van der Waals surface area contributed by atoms with Crippen LogP contribution in [0.15, 0.2) is 36.9 Å². The maximum absolute atomic E-state index is 12.2. The molecule has 106 valence electrons. The molecule has 0 spiro atoms. The Morgan fingerprint density at radius 3 is 2.65 bits per heavy atom. The quantitative estimate of drug-likeness (QED) is 0.863. The van der Waals surface area contributed by atoms with Gasteiger partial charge in [-0.1, -0.05) is 19.9 Å². The van der Waals surface area contributed by atoms with E-state index < -0.39 is 0 Å². The smallest absolute Gasteiger partial charge is 0.229 e. The summed E-state index contributed by atoms with van der Waals surface area (Å²) in [4.78, 5) is 12.2. The lowest BCUT2D eigenvalue weighted by atomic mass is 9.95. The lowest BCUT2D eigenvalue weighted by Crippen LogP contribution is -2.33. The van der Waals surface area contributed by atoms with Gasteiger partial charge in [-0.2, -0.15) is 0 Å². The Morgan fingerprint density at radius 1 is 1.35 bits per heavy atom. The fourth-order valence-corrected chi connectivity index (χ4v) is 2.00. The number of benzene rings is 1. The van der Waals surface area contributed by atoms with Gasteiger partial charge >= 0.3 is 0 Å². The third-order valence-corrected chi connectivity index (χ3v) is 3.23. The molecular formula is C14H19N5O. The van der Waals surface area contributed by atoms with Crippen LogP contribution in [0.2, 0.25) is 0 Å². The maximum Gasteiger partial charge on any atom is 0.229 e. The van der Waals surface area contributed by atoms with E-state index in [-0.39, 0.29) is 17.7 Å². The summed E-state index contributed by atoms with van der Waals surface area (Å²) < 4.78 is 1.78. The van der Waals surface area contributed by atoms with Crippen molar-refractivity contribution in [1.29, 1.82) is 0 Å². The lowest BCUT2D eigenvalue weighted by molar-refractivity contribution is -0.120. The Kier molecular flexibility index (Phi) is 4.47. The van der Waals surface area contributed by atoms with Crippen molar-refractivity contribution >= 4 is 11.6 Å². The highest BCUT2D eigenvalue weighted by molar-refractivity contribution is 5.93. The number of nitrogens with one attached hydrogen (secondary N) is 1. The summed E-state index contributed by atoms with van der Waals surface area (Å²) in [5, 5.41) is 10.4. The molecule has 0 radical (unpaired) electrons. The SMILES string of the molecule is CC(C)C(CN)C(=O)Nc1cccc(-n2cnnc2)c1. The van der Waals surface area contributed by atoms with Crippen LogP contribution in [0.5, 0.6) is 0 Å². The highest BCUT2D eigenvalue weighted by Crippen LogP contribution is 2.17. The van der Waals surface area contributed by atoms with Gasteiger partial charge in [0.2, 0.25) is 5.91 Å². The minimum Gasteiger partial charge on any atom is -0.330 e. The summed E-state index contributed by atoms with van der Waals surface area (Å²) in [5.41, 5.74) is 7.28. The van der Waals surface area contributed by atoms with Gasteiger partial charge in [-0.05, 0) is 24.1 Å². The van der Waals surface area contributed by atoms with E-state index in [1.54, 1.807) is 17.2 Å². The normalized spacial score (nSPS) is 12.4. The molecule has 1 amide bonds. The number of carbonyl (C=O) groups excluding carboxylic acids is 1. The van der Waals surface area contributed by atoms with Crippen LogP contribution < -0.4 is 11.1 Å². The second-order valence-electron chi connectivity index (χ2n) is 4.99. The molecule has 0 saturated heterocycles. The van der Waals surface area contributed by atoms with Gasteiger partial charge in [0.15, 0.2) is 0 Å². The van der Waals surface area contributed by atoms with Crippen molar-refractivity contribution in [3.05, 3.63) is 36.9 Å². The number of hydrogen-bond donors (Lipinski definition) is 2. The number of amides is 1. The van der Waals surface area contributed by atoms with E-state index >= 15 is 0 Å². The van der Waals surface area contributed by atoms with E-state index in [4.69, 9.17) is 5.73 Å². The van der Waals surface area contributed by atoms with Gasteiger partial charge in [-0.25, -0.2) is 0 Å². The Bertz CT molecular complexity index is 565. The zero-order valence-corrected chi connectivity index (χ0v) is 11.7. The maximum atomic E-state index is 12.2. The molecule has 6 nitrogen and oxygen atoms in total. The Morgan fingerprint density at radius 2 is 2.05 bits per heavy atom. The third kappa shape index (κ3) is 3.21. The van der Waals surface area contributed by atoms with Crippen molar-refractivity contribution < 1.29 is 4.79 Å². The van der Waals surface area contributed by atoms with Gasteiger partial charge < -0.3 is 11.1 Å². The van der Waals surface area contributed by atoms with Crippen molar-refractivity contribution in [2.75, 3.05) is 11.9 Å². The van der Waals surface area contributed by atoms with Crippen LogP contribution in [0.4, 0.5) is 5.69 Å². The zero-order valence-electron chi connectivity index (χ0n) is 11.7. The first-order valence-corrected chi connectivity index (χ1v) is 6.58. The summed E-state index contributed by atoms with van der Waals surface area (Å²) in [6, 6.07) is 7.51. The van der Waals surface area contributed by atoms with Gasteiger partial charge in [0, 0.05) is 12.2 Å². The largest absolute Gasteiger partial charge is 0.330 e. The summed E-state index contributed by atoms with van der Waals surface area (Å²) in [6.45, 7) is 4.32. The molecule has 1 unspecified atom stereocenters. The van der Waals surface area contributed by atoms with Crippen molar-refractivity contribution in [2.24, 2.45) is 17.6 Å². The standard InChI is InChI=1S/C14H19N5O/c1-10(2)13(7-15)14(20)18-11-4-3-5-12(6-11)19-8-16-17-9-19/h3-6,8-10,13H,7,15H2,1-2H3,(H,18,20). The highest BCUT2D eigenvalue weighted by Gasteiger charge is 2.20. The number of carbonyl (C=O) groups is 1. The van der Waals surface area contributed by atoms with Crippen molar-refractivity contribution in [3.63, 3.8) is 0 Å². The monoisotopic (exact) mass is 273 g/mol. The number of nitrogens with two attached hydrogens (primary N) is 1. The molecule has 1 atom stereocenters. The predicted octanol–water partition coefficient (Wildman–Crippen LogP) is 1.44. The van der Waals surface area contributed by atoms with Crippen LogP contribution in [0, 0.1) is 11.8 Å². The summed E-state index contributed by atoms with van der Waals surface area (Å²) in [7, 11) is 0. The number of anilines is 1. The fraction of sp³-hybridized carbons (Fsp3) is 0.357. The molecule has 3 N–H and O–H groups in total. The van der Waals surface area contributed by atoms with E-state index in [9.17, 15) is 4.79 Å². The average Bonchev–Trinajstić information content (AvgIpc) is 2.93. The van der Waals surface area contributed by atoms with Gasteiger partial charge in [0.25, 0.3) is 0 Å².